The van der Waals surface area contributed by atoms with E-state index in [2.05, 4.69) is 36.4 Å². The highest BCUT2D eigenvalue weighted by Crippen LogP contribution is 2.32. The molecule has 0 N–H and O–H groups in total. The molecule has 0 bridgehead atoms. The van der Waals surface area contributed by atoms with E-state index in [4.69, 9.17) is 21.3 Å². The van der Waals surface area contributed by atoms with Crippen molar-refractivity contribution < 1.29 is 4.42 Å². The molecule has 1 aromatic carbocycles. The molecule has 0 aliphatic rings. The van der Waals surface area contributed by atoms with E-state index in [0.717, 1.165) is 11.1 Å². The van der Waals surface area contributed by atoms with Crippen molar-refractivity contribution in [2.75, 3.05) is 0 Å². The van der Waals surface area contributed by atoms with Crippen molar-refractivity contribution in [3.63, 3.8) is 0 Å². The van der Waals surface area contributed by atoms with Gasteiger partial charge >= 0.3 is 0 Å². The van der Waals surface area contributed by atoms with Crippen molar-refractivity contribution in [1.82, 2.24) is 34.9 Å². The van der Waals surface area contributed by atoms with E-state index >= 15 is 0 Å². The molecule has 0 saturated carbocycles. The molecule has 4 heterocycles. The van der Waals surface area contributed by atoms with Crippen LogP contribution in [-0.4, -0.2) is 34.9 Å². The number of pyridine rings is 2. The second-order valence-electron chi connectivity index (χ2n) is 6.68. The molecule has 33 heavy (non-hydrogen) atoms. The molecule has 160 valence electrons. The van der Waals surface area contributed by atoms with Crippen LogP contribution in [0.5, 0.6) is 0 Å². The van der Waals surface area contributed by atoms with Crippen LogP contribution in [0.25, 0.3) is 28.5 Å². The van der Waals surface area contributed by atoms with Crippen molar-refractivity contribution in [1.29, 1.82) is 5.26 Å². The number of benzene rings is 1. The second kappa shape index (κ2) is 9.20. The molecule has 11 heteroatoms. The van der Waals surface area contributed by atoms with E-state index < -0.39 is 0 Å². The largest absolute Gasteiger partial charge is 0.420 e. The number of nitriles is 1. The minimum Gasteiger partial charge on any atom is -0.420 e. The van der Waals surface area contributed by atoms with E-state index in [1.807, 2.05) is 16.7 Å². The monoisotopic (exact) mass is 472 g/mol. The van der Waals surface area contributed by atoms with Crippen LogP contribution in [0.4, 0.5) is 0 Å². The van der Waals surface area contributed by atoms with Gasteiger partial charge in [-0.3, -0.25) is 14.5 Å². The average molecular weight is 473 g/mol. The lowest BCUT2D eigenvalue weighted by atomic mass is 10.1. The molecule has 0 fully saturated rings. The molecule has 4 aromatic heterocycles. The summed E-state index contributed by atoms with van der Waals surface area (Å²) in [5, 5.41) is 27.0. The van der Waals surface area contributed by atoms with Crippen LogP contribution >= 0.6 is 23.4 Å². The zero-order valence-electron chi connectivity index (χ0n) is 16.8. The van der Waals surface area contributed by atoms with Gasteiger partial charge in [0.05, 0.1) is 28.1 Å². The molecule has 0 saturated heterocycles. The van der Waals surface area contributed by atoms with Gasteiger partial charge in [-0.1, -0.05) is 23.4 Å². The quantitative estimate of drug-likeness (QED) is 0.326. The van der Waals surface area contributed by atoms with E-state index in [1.54, 1.807) is 55.1 Å². The summed E-state index contributed by atoms with van der Waals surface area (Å²) in [6.45, 7) is 0. The van der Waals surface area contributed by atoms with Crippen molar-refractivity contribution in [2.45, 2.75) is 10.9 Å². The summed E-state index contributed by atoms with van der Waals surface area (Å²) in [5.74, 6) is 1.81. The van der Waals surface area contributed by atoms with Crippen molar-refractivity contribution in [3.8, 4) is 34.6 Å². The minimum atomic E-state index is 0.375. The summed E-state index contributed by atoms with van der Waals surface area (Å²) in [5.41, 5.74) is 2.85. The Morgan fingerprint density at radius 2 is 1.70 bits per heavy atom. The molecule has 5 rings (SSSR count). The number of rotatable bonds is 6. The highest BCUT2D eigenvalue weighted by molar-refractivity contribution is 7.98. The zero-order valence-corrected chi connectivity index (χ0v) is 18.4. The number of halogens is 1. The van der Waals surface area contributed by atoms with E-state index in [0.29, 0.717) is 44.8 Å². The number of aromatic nitrogens is 7. The summed E-state index contributed by atoms with van der Waals surface area (Å²) in [6, 6.07) is 14.5. The van der Waals surface area contributed by atoms with E-state index in [-0.39, 0.29) is 0 Å². The molecular weight excluding hydrogens is 460 g/mol. The SMILES string of the molecule is N#Cc1ccc(-c2nnc(CSc3nnc(-c4ccncc4)n3-c3ccncc3Cl)o2)cc1. The second-order valence-corrected chi connectivity index (χ2v) is 8.03. The summed E-state index contributed by atoms with van der Waals surface area (Å²) < 4.78 is 7.66. The van der Waals surface area contributed by atoms with Crippen LogP contribution in [0.15, 0.2) is 76.8 Å². The van der Waals surface area contributed by atoms with Crippen molar-refractivity contribution >= 4 is 23.4 Å². The molecule has 0 atom stereocenters. The lowest BCUT2D eigenvalue weighted by molar-refractivity contribution is 0.528. The van der Waals surface area contributed by atoms with Gasteiger partial charge in [-0.25, -0.2) is 0 Å². The van der Waals surface area contributed by atoms with Crippen LogP contribution in [-0.2, 0) is 5.75 Å². The average Bonchev–Trinajstić information content (AvgIpc) is 3.51. The third-order valence-electron chi connectivity index (χ3n) is 4.62. The maximum Gasteiger partial charge on any atom is 0.247 e. The molecule has 0 radical (unpaired) electrons. The topological polar surface area (TPSA) is 119 Å². The first kappa shape index (κ1) is 20.8. The first-order valence-corrected chi connectivity index (χ1v) is 11.0. The number of thioether (sulfide) groups is 1. The van der Waals surface area contributed by atoms with Crippen LogP contribution < -0.4 is 0 Å². The lowest BCUT2D eigenvalue weighted by Crippen LogP contribution is -2.01. The molecule has 0 aliphatic heterocycles. The summed E-state index contributed by atoms with van der Waals surface area (Å²) >= 11 is 7.82. The fourth-order valence-electron chi connectivity index (χ4n) is 3.06. The zero-order chi connectivity index (χ0) is 22.6. The number of hydrogen-bond donors (Lipinski definition) is 0. The van der Waals surface area contributed by atoms with Gasteiger partial charge in [0.25, 0.3) is 0 Å². The molecule has 0 amide bonds. The minimum absolute atomic E-state index is 0.375. The van der Waals surface area contributed by atoms with Crippen LogP contribution in [0.3, 0.4) is 0 Å². The Morgan fingerprint density at radius 1 is 0.909 bits per heavy atom. The molecular formula is C22H13ClN8OS. The predicted molar refractivity (Wildman–Crippen MR) is 121 cm³/mol. The van der Waals surface area contributed by atoms with Gasteiger partial charge in [-0.05, 0) is 42.5 Å². The van der Waals surface area contributed by atoms with Gasteiger partial charge in [0, 0.05) is 35.9 Å². The van der Waals surface area contributed by atoms with Crippen LogP contribution in [0.2, 0.25) is 5.02 Å². The van der Waals surface area contributed by atoms with E-state index in [1.165, 1.54) is 11.8 Å². The fraction of sp³-hybridized carbons (Fsp3) is 0.0455. The van der Waals surface area contributed by atoms with Gasteiger partial charge < -0.3 is 4.42 Å². The number of nitrogens with zero attached hydrogens (tertiary/aromatic N) is 8. The Hall–Kier alpha value is -4.07. The first-order valence-electron chi connectivity index (χ1n) is 9.64. The van der Waals surface area contributed by atoms with Crippen molar-refractivity contribution in [2.24, 2.45) is 0 Å². The number of hydrogen-bond acceptors (Lipinski definition) is 9. The van der Waals surface area contributed by atoms with Gasteiger partial charge in [0.2, 0.25) is 11.8 Å². The Balaban J connectivity index is 1.44. The summed E-state index contributed by atoms with van der Waals surface area (Å²) in [7, 11) is 0. The highest BCUT2D eigenvalue weighted by Gasteiger charge is 2.19. The Morgan fingerprint density at radius 3 is 2.45 bits per heavy atom. The molecule has 5 aromatic rings. The molecule has 0 unspecified atom stereocenters. The normalized spacial score (nSPS) is 10.8. The van der Waals surface area contributed by atoms with Crippen LogP contribution in [0, 0.1) is 11.3 Å². The van der Waals surface area contributed by atoms with Gasteiger partial charge in [-0.15, -0.1) is 20.4 Å². The maximum absolute atomic E-state index is 8.95. The van der Waals surface area contributed by atoms with Gasteiger partial charge in [-0.2, -0.15) is 5.26 Å². The standard InChI is InChI=1S/C22H13ClN8OS/c23-17-12-26-10-7-18(17)31-20(15-5-8-25-9-6-15)28-30-22(31)33-13-19-27-29-21(32-19)16-3-1-14(11-24)2-4-16/h1-10,12H,13H2. The Labute approximate surface area is 197 Å². The predicted octanol–water partition coefficient (Wildman–Crippen LogP) is 4.59. The van der Waals surface area contributed by atoms with Crippen molar-refractivity contribution in [3.05, 3.63) is 83.7 Å². The Bertz CT molecular complexity index is 1440. The molecule has 9 nitrogen and oxygen atoms in total. The fourth-order valence-corrected chi connectivity index (χ4v) is 4.05. The molecule has 0 spiro atoms. The van der Waals surface area contributed by atoms with Crippen LogP contribution in [0.1, 0.15) is 11.5 Å². The smallest absolute Gasteiger partial charge is 0.247 e. The van der Waals surface area contributed by atoms with Gasteiger partial charge in [0.15, 0.2) is 11.0 Å². The lowest BCUT2D eigenvalue weighted by Gasteiger charge is -2.11. The maximum atomic E-state index is 8.95. The van der Waals surface area contributed by atoms with E-state index in [9.17, 15) is 0 Å². The highest BCUT2D eigenvalue weighted by atomic mass is 35.5. The third-order valence-corrected chi connectivity index (χ3v) is 5.82. The first-order chi connectivity index (χ1) is 16.2. The summed E-state index contributed by atoms with van der Waals surface area (Å²) in [6.07, 6.45) is 6.62. The third kappa shape index (κ3) is 4.32. The molecule has 0 aliphatic carbocycles. The Kier molecular flexibility index (Phi) is 5.80. The van der Waals surface area contributed by atoms with Gasteiger partial charge in [0.1, 0.15) is 0 Å². The summed E-state index contributed by atoms with van der Waals surface area (Å²) in [4.78, 5) is 8.14.